The Morgan fingerprint density at radius 1 is 1.50 bits per heavy atom. The van der Waals surface area contributed by atoms with Crippen molar-refractivity contribution in [1.82, 2.24) is 9.97 Å². The first-order chi connectivity index (χ1) is 6.75. The van der Waals surface area contributed by atoms with Gasteiger partial charge in [0.2, 0.25) is 0 Å². The summed E-state index contributed by atoms with van der Waals surface area (Å²) in [5.41, 5.74) is 7.01. The number of aryl methyl sites for hydroxylation is 1. The lowest BCUT2D eigenvalue weighted by atomic mass is 10.3. The number of hydrogen-bond donors (Lipinski definition) is 1. The van der Waals surface area contributed by atoms with E-state index in [1.165, 1.54) is 12.8 Å². The van der Waals surface area contributed by atoms with Crippen molar-refractivity contribution in [3.05, 3.63) is 18.0 Å². The molecule has 0 radical (unpaired) electrons. The van der Waals surface area contributed by atoms with Crippen LogP contribution in [-0.4, -0.2) is 21.3 Å². The van der Waals surface area contributed by atoms with Crippen molar-refractivity contribution < 1.29 is 0 Å². The maximum atomic E-state index is 5.99. The van der Waals surface area contributed by atoms with E-state index in [9.17, 15) is 0 Å². The highest BCUT2D eigenvalue weighted by Crippen LogP contribution is 2.32. The van der Waals surface area contributed by atoms with Crippen LogP contribution in [0.15, 0.2) is 17.4 Å². The van der Waals surface area contributed by atoms with Gasteiger partial charge in [0.05, 0.1) is 0 Å². The third-order valence-electron chi connectivity index (χ3n) is 2.53. The molecule has 1 fully saturated rings. The highest BCUT2D eigenvalue weighted by molar-refractivity contribution is 7.99. The Morgan fingerprint density at radius 3 is 3.00 bits per heavy atom. The molecule has 2 N–H and O–H groups in total. The molecule has 0 saturated heterocycles. The van der Waals surface area contributed by atoms with Gasteiger partial charge in [-0.2, -0.15) is 0 Å². The molecule has 2 rings (SSSR count). The third-order valence-corrected chi connectivity index (χ3v) is 3.83. The van der Waals surface area contributed by atoms with Gasteiger partial charge in [-0.05, 0) is 25.8 Å². The van der Waals surface area contributed by atoms with Crippen molar-refractivity contribution >= 4 is 11.8 Å². The highest BCUT2D eigenvalue weighted by Gasteiger charge is 2.25. The first kappa shape index (κ1) is 9.93. The summed E-state index contributed by atoms with van der Waals surface area (Å²) in [6.45, 7) is 1.99. The molecule has 3 nitrogen and oxygen atoms in total. The van der Waals surface area contributed by atoms with Gasteiger partial charge >= 0.3 is 0 Å². The van der Waals surface area contributed by atoms with Crippen LogP contribution >= 0.6 is 11.8 Å². The molecule has 14 heavy (non-hydrogen) atoms. The van der Waals surface area contributed by atoms with E-state index in [0.717, 1.165) is 17.3 Å². The maximum absolute atomic E-state index is 5.99. The zero-order chi connectivity index (χ0) is 9.97. The minimum atomic E-state index is 0.323. The third kappa shape index (κ3) is 2.25. The van der Waals surface area contributed by atoms with Crippen LogP contribution in [-0.2, 0) is 0 Å². The zero-order valence-corrected chi connectivity index (χ0v) is 9.13. The molecule has 1 aliphatic carbocycles. The van der Waals surface area contributed by atoms with Crippen LogP contribution in [0.25, 0.3) is 0 Å². The van der Waals surface area contributed by atoms with Crippen molar-refractivity contribution in [3.8, 4) is 0 Å². The predicted octanol–water partition coefficient (Wildman–Crippen LogP) is 1.76. The minimum Gasteiger partial charge on any atom is -0.327 e. The first-order valence-electron chi connectivity index (χ1n) is 4.97. The molecule has 2 unspecified atom stereocenters. The molecule has 1 aromatic rings. The van der Waals surface area contributed by atoms with Crippen molar-refractivity contribution in [1.29, 1.82) is 0 Å². The Labute approximate surface area is 88.5 Å². The fraction of sp³-hybridized carbons (Fsp3) is 0.600. The topological polar surface area (TPSA) is 51.8 Å². The highest BCUT2D eigenvalue weighted by atomic mass is 32.2. The van der Waals surface area contributed by atoms with Crippen LogP contribution in [0.2, 0.25) is 0 Å². The van der Waals surface area contributed by atoms with Gasteiger partial charge in [-0.25, -0.2) is 9.97 Å². The number of nitrogens with two attached hydrogens (primary N) is 1. The summed E-state index contributed by atoms with van der Waals surface area (Å²) in [7, 11) is 0. The largest absolute Gasteiger partial charge is 0.327 e. The molecular weight excluding hydrogens is 194 g/mol. The average Bonchev–Trinajstić information content (AvgIpc) is 2.52. The minimum absolute atomic E-state index is 0.323. The second kappa shape index (κ2) is 4.28. The SMILES string of the molecule is Cc1ccnc(SC2CCCC2N)n1. The summed E-state index contributed by atoms with van der Waals surface area (Å²) in [6.07, 6.45) is 5.39. The normalized spacial score (nSPS) is 26.7. The second-order valence-corrected chi connectivity index (χ2v) is 4.94. The molecule has 1 aromatic heterocycles. The van der Waals surface area contributed by atoms with Crippen LogP contribution in [0.5, 0.6) is 0 Å². The van der Waals surface area contributed by atoms with Crippen LogP contribution < -0.4 is 5.73 Å². The Hall–Kier alpha value is -0.610. The monoisotopic (exact) mass is 209 g/mol. The molecule has 2 atom stereocenters. The molecule has 0 aliphatic heterocycles. The van der Waals surface area contributed by atoms with E-state index in [1.807, 2.05) is 19.2 Å². The Balaban J connectivity index is 2.03. The van der Waals surface area contributed by atoms with Gasteiger partial charge in [-0.1, -0.05) is 18.2 Å². The van der Waals surface area contributed by atoms with Gasteiger partial charge in [-0.15, -0.1) is 0 Å². The molecule has 0 amide bonds. The fourth-order valence-corrected chi connectivity index (χ4v) is 2.90. The van der Waals surface area contributed by atoms with Crippen LogP contribution in [0, 0.1) is 6.92 Å². The van der Waals surface area contributed by atoms with Crippen molar-refractivity contribution in [2.45, 2.75) is 42.6 Å². The summed E-state index contributed by atoms with van der Waals surface area (Å²) < 4.78 is 0. The number of nitrogens with zero attached hydrogens (tertiary/aromatic N) is 2. The summed E-state index contributed by atoms with van der Waals surface area (Å²) in [5.74, 6) is 0. The maximum Gasteiger partial charge on any atom is 0.188 e. The van der Waals surface area contributed by atoms with Crippen molar-refractivity contribution in [2.75, 3.05) is 0 Å². The van der Waals surface area contributed by atoms with Crippen molar-refractivity contribution in [2.24, 2.45) is 5.73 Å². The number of hydrogen-bond acceptors (Lipinski definition) is 4. The van der Waals surface area contributed by atoms with Crippen LogP contribution in [0.1, 0.15) is 25.0 Å². The van der Waals surface area contributed by atoms with Crippen molar-refractivity contribution in [3.63, 3.8) is 0 Å². The standard InChI is InChI=1S/C10H15N3S/c1-7-5-6-12-10(13-7)14-9-4-2-3-8(9)11/h5-6,8-9H,2-4,11H2,1H3. The fourth-order valence-electron chi connectivity index (χ4n) is 1.72. The van der Waals surface area contributed by atoms with Crippen LogP contribution in [0.4, 0.5) is 0 Å². The lowest BCUT2D eigenvalue weighted by Gasteiger charge is -2.13. The molecule has 1 heterocycles. The lowest BCUT2D eigenvalue weighted by molar-refractivity contribution is 0.713. The summed E-state index contributed by atoms with van der Waals surface area (Å²) >= 11 is 1.73. The number of aromatic nitrogens is 2. The van der Waals surface area contributed by atoms with E-state index in [-0.39, 0.29) is 0 Å². The van der Waals surface area contributed by atoms with E-state index in [2.05, 4.69) is 9.97 Å². The predicted molar refractivity (Wildman–Crippen MR) is 58.2 cm³/mol. The molecule has 1 aliphatic rings. The van der Waals surface area contributed by atoms with Gasteiger partial charge in [0, 0.05) is 23.2 Å². The van der Waals surface area contributed by atoms with E-state index < -0.39 is 0 Å². The van der Waals surface area contributed by atoms with E-state index in [1.54, 1.807) is 11.8 Å². The number of thioether (sulfide) groups is 1. The van der Waals surface area contributed by atoms with Gasteiger partial charge < -0.3 is 5.73 Å². The molecule has 0 aromatic carbocycles. The summed E-state index contributed by atoms with van der Waals surface area (Å²) in [5, 5.41) is 1.38. The molecular formula is C10H15N3S. The molecule has 0 bridgehead atoms. The Bertz CT molecular complexity index is 316. The lowest BCUT2D eigenvalue weighted by Crippen LogP contribution is -2.26. The number of rotatable bonds is 2. The molecule has 1 saturated carbocycles. The average molecular weight is 209 g/mol. The molecule has 4 heteroatoms. The summed E-state index contributed by atoms with van der Waals surface area (Å²) in [4.78, 5) is 8.60. The van der Waals surface area contributed by atoms with Gasteiger partial charge in [0.15, 0.2) is 5.16 Å². The Kier molecular flexibility index (Phi) is 3.03. The van der Waals surface area contributed by atoms with E-state index in [0.29, 0.717) is 11.3 Å². The quantitative estimate of drug-likeness (QED) is 0.754. The van der Waals surface area contributed by atoms with Gasteiger partial charge in [0.25, 0.3) is 0 Å². The molecule has 0 spiro atoms. The van der Waals surface area contributed by atoms with Gasteiger partial charge in [0.1, 0.15) is 0 Å². The van der Waals surface area contributed by atoms with Crippen LogP contribution in [0.3, 0.4) is 0 Å². The second-order valence-electron chi connectivity index (χ2n) is 3.73. The van der Waals surface area contributed by atoms with E-state index >= 15 is 0 Å². The van der Waals surface area contributed by atoms with E-state index in [4.69, 9.17) is 5.73 Å². The smallest absolute Gasteiger partial charge is 0.188 e. The van der Waals surface area contributed by atoms with Gasteiger partial charge in [-0.3, -0.25) is 0 Å². The zero-order valence-electron chi connectivity index (χ0n) is 8.31. The first-order valence-corrected chi connectivity index (χ1v) is 5.85. The Morgan fingerprint density at radius 2 is 2.36 bits per heavy atom. The summed E-state index contributed by atoms with van der Waals surface area (Å²) in [6, 6.07) is 2.24. The molecule has 76 valence electrons.